The summed E-state index contributed by atoms with van der Waals surface area (Å²) in [5.74, 6) is -0.922. The average Bonchev–Trinajstić information content (AvgIpc) is 3.23. The molecular weight excluding hydrogens is 768 g/mol. The minimum Gasteiger partial charge on any atom is -0.462 e. The number of carbonyl (C=O) groups excluding carboxylic acids is 2. The molecule has 15 nitrogen and oxygen atoms in total. The van der Waals surface area contributed by atoms with E-state index in [1.165, 1.54) is 89.9 Å². The Morgan fingerprint density at radius 2 is 0.864 bits per heavy atom. The van der Waals surface area contributed by atoms with Crippen molar-refractivity contribution in [3.05, 3.63) is 0 Å². The Bertz CT molecular complexity index is 1050. The van der Waals surface area contributed by atoms with Crippen LogP contribution in [0.2, 0.25) is 0 Å². The van der Waals surface area contributed by atoms with Crippen molar-refractivity contribution in [1.29, 1.82) is 0 Å². The summed E-state index contributed by atoms with van der Waals surface area (Å²) in [6.45, 7) is 2.54. The summed E-state index contributed by atoms with van der Waals surface area (Å²) in [6, 6.07) is 0. The lowest BCUT2D eigenvalue weighted by Gasteiger charge is -2.42. The van der Waals surface area contributed by atoms with Crippen LogP contribution in [0.3, 0.4) is 0 Å². The molecule has 11 atom stereocenters. The van der Waals surface area contributed by atoms with Gasteiger partial charge in [0.1, 0.15) is 55.4 Å². The number of unbranched alkanes of at least 4 members (excludes halogenated alkanes) is 21. The maximum absolute atomic E-state index is 12.9. The number of hydrogen-bond donors (Lipinski definition) is 7. The molecule has 348 valence electrons. The monoisotopic (exact) mass is 851 g/mol. The van der Waals surface area contributed by atoms with Gasteiger partial charge in [0.2, 0.25) is 0 Å². The average molecular weight is 851 g/mol. The molecule has 0 aromatic carbocycles. The van der Waals surface area contributed by atoms with E-state index in [0.717, 1.165) is 44.9 Å². The fourth-order valence-corrected chi connectivity index (χ4v) is 7.45. The molecular formula is C44H82O15. The van der Waals surface area contributed by atoms with Gasteiger partial charge >= 0.3 is 11.9 Å². The molecule has 7 N–H and O–H groups in total. The van der Waals surface area contributed by atoms with Crippen molar-refractivity contribution < 1.29 is 73.8 Å². The third kappa shape index (κ3) is 22.4. The minimum absolute atomic E-state index is 0.172. The number of carbonyl (C=O) groups is 2. The van der Waals surface area contributed by atoms with Gasteiger partial charge in [0, 0.05) is 12.8 Å². The highest BCUT2D eigenvalue weighted by Gasteiger charge is 2.47. The van der Waals surface area contributed by atoms with Crippen LogP contribution in [0.1, 0.15) is 174 Å². The van der Waals surface area contributed by atoms with E-state index in [9.17, 15) is 45.3 Å². The third-order valence-electron chi connectivity index (χ3n) is 11.3. The fourth-order valence-electron chi connectivity index (χ4n) is 7.45. The van der Waals surface area contributed by atoms with Crippen molar-refractivity contribution in [2.75, 3.05) is 26.4 Å². The second-order valence-electron chi connectivity index (χ2n) is 16.6. The van der Waals surface area contributed by atoms with Crippen molar-refractivity contribution in [2.24, 2.45) is 0 Å². The standard InChI is InChI=1S/C44H82O15/c1-3-5-7-9-11-12-13-14-15-16-17-18-19-21-23-25-27-36(47)57-32(29-54-35(46)26-24-22-20-10-8-6-4-2)30-55-43-42(53)40(51)38(49)34(59-43)31-56-44-41(52)39(50)37(48)33(28-45)58-44/h32-34,37-45,48-53H,3-31H2,1-2H3/t32-,33-,34-,37+,38+,39?,40?,41?,42?,43-,44-/m1/s1. The Balaban J connectivity index is 1.81. The lowest BCUT2D eigenvalue weighted by Crippen LogP contribution is -2.61. The number of ether oxygens (including phenoxy) is 6. The van der Waals surface area contributed by atoms with E-state index in [1.54, 1.807) is 0 Å². The number of aliphatic hydroxyl groups excluding tert-OH is 7. The van der Waals surface area contributed by atoms with Crippen LogP contribution < -0.4 is 0 Å². The first-order chi connectivity index (χ1) is 28.5. The first-order valence-electron chi connectivity index (χ1n) is 23.1. The van der Waals surface area contributed by atoms with Gasteiger partial charge in [0.25, 0.3) is 0 Å². The maximum Gasteiger partial charge on any atom is 0.306 e. The second-order valence-corrected chi connectivity index (χ2v) is 16.6. The van der Waals surface area contributed by atoms with Gasteiger partial charge in [-0.25, -0.2) is 0 Å². The lowest BCUT2D eigenvalue weighted by molar-refractivity contribution is -0.332. The molecule has 2 rings (SSSR count). The predicted octanol–water partition coefficient (Wildman–Crippen LogP) is 4.87. The number of hydrogen-bond acceptors (Lipinski definition) is 15. The Morgan fingerprint density at radius 3 is 1.32 bits per heavy atom. The second kappa shape index (κ2) is 33.1. The molecule has 0 aliphatic carbocycles. The Labute approximate surface area is 353 Å². The summed E-state index contributed by atoms with van der Waals surface area (Å²) in [6.07, 6.45) is 10.3. The molecule has 15 heteroatoms. The SMILES string of the molecule is CCCCCCCCCCCCCCCCCCC(=O)O[C@H](COC(=O)CCCCCCCCC)CO[C@@H]1O[C@H](CO[C@@H]2O[C@H](CO)[C@H](O)C(O)C2O)[C@H](O)C(O)C1O. The normalized spacial score (nSPS) is 27.7. The van der Waals surface area contributed by atoms with Gasteiger partial charge in [-0.3, -0.25) is 9.59 Å². The summed E-state index contributed by atoms with van der Waals surface area (Å²) < 4.78 is 33.4. The van der Waals surface area contributed by atoms with Crippen LogP contribution in [0.5, 0.6) is 0 Å². The zero-order valence-corrected chi connectivity index (χ0v) is 36.3. The molecule has 0 amide bonds. The number of esters is 2. The number of rotatable bonds is 35. The fraction of sp³-hybridized carbons (Fsp3) is 0.955. The van der Waals surface area contributed by atoms with Crippen LogP contribution in [0.4, 0.5) is 0 Å². The predicted molar refractivity (Wildman–Crippen MR) is 220 cm³/mol. The molecule has 0 aromatic heterocycles. The molecule has 2 saturated heterocycles. The van der Waals surface area contributed by atoms with Gasteiger partial charge in [-0.1, -0.05) is 149 Å². The minimum atomic E-state index is -1.76. The Hall–Kier alpha value is -1.50. The summed E-state index contributed by atoms with van der Waals surface area (Å²) in [4.78, 5) is 25.5. The van der Waals surface area contributed by atoms with Gasteiger partial charge in [-0.15, -0.1) is 0 Å². The number of aliphatic hydroxyl groups is 7. The highest BCUT2D eigenvalue weighted by Crippen LogP contribution is 2.26. The summed E-state index contributed by atoms with van der Waals surface area (Å²) >= 11 is 0. The molecule has 0 radical (unpaired) electrons. The first-order valence-corrected chi connectivity index (χ1v) is 23.1. The van der Waals surface area contributed by atoms with Gasteiger partial charge < -0.3 is 64.2 Å². The van der Waals surface area contributed by atoms with Crippen LogP contribution in [-0.4, -0.2) is 142 Å². The van der Waals surface area contributed by atoms with Crippen LogP contribution in [0.15, 0.2) is 0 Å². The van der Waals surface area contributed by atoms with E-state index in [4.69, 9.17) is 28.4 Å². The van der Waals surface area contributed by atoms with Crippen LogP contribution in [0.25, 0.3) is 0 Å². The van der Waals surface area contributed by atoms with Gasteiger partial charge in [0.15, 0.2) is 18.7 Å². The van der Waals surface area contributed by atoms with Crippen LogP contribution in [-0.2, 0) is 38.0 Å². The van der Waals surface area contributed by atoms with Crippen molar-refractivity contribution >= 4 is 11.9 Å². The van der Waals surface area contributed by atoms with Crippen molar-refractivity contribution in [2.45, 2.75) is 242 Å². The Kier molecular flexibility index (Phi) is 30.1. The molecule has 0 bridgehead atoms. The molecule has 0 saturated carbocycles. The van der Waals surface area contributed by atoms with E-state index >= 15 is 0 Å². The largest absolute Gasteiger partial charge is 0.462 e. The first kappa shape index (κ1) is 53.6. The molecule has 2 heterocycles. The van der Waals surface area contributed by atoms with Gasteiger partial charge in [0.05, 0.1) is 19.8 Å². The molecule has 4 unspecified atom stereocenters. The quantitative estimate of drug-likeness (QED) is 0.0333. The maximum atomic E-state index is 12.9. The van der Waals surface area contributed by atoms with Gasteiger partial charge in [-0.05, 0) is 12.8 Å². The third-order valence-corrected chi connectivity index (χ3v) is 11.3. The Morgan fingerprint density at radius 1 is 0.475 bits per heavy atom. The molecule has 2 aliphatic rings. The van der Waals surface area contributed by atoms with Crippen LogP contribution >= 0.6 is 0 Å². The lowest BCUT2D eigenvalue weighted by atomic mass is 9.98. The zero-order valence-electron chi connectivity index (χ0n) is 36.3. The molecule has 0 spiro atoms. The molecule has 2 aliphatic heterocycles. The van der Waals surface area contributed by atoms with E-state index in [-0.39, 0.29) is 26.1 Å². The highest BCUT2D eigenvalue weighted by atomic mass is 16.7. The molecule has 0 aromatic rings. The molecule has 59 heavy (non-hydrogen) atoms. The molecule has 2 fully saturated rings. The van der Waals surface area contributed by atoms with Crippen molar-refractivity contribution in [3.63, 3.8) is 0 Å². The zero-order chi connectivity index (χ0) is 43.3. The van der Waals surface area contributed by atoms with E-state index in [2.05, 4.69) is 13.8 Å². The summed E-state index contributed by atoms with van der Waals surface area (Å²) in [5, 5.41) is 71.7. The van der Waals surface area contributed by atoms with Crippen molar-refractivity contribution in [3.8, 4) is 0 Å². The van der Waals surface area contributed by atoms with Crippen LogP contribution in [0, 0.1) is 0 Å². The van der Waals surface area contributed by atoms with Gasteiger partial charge in [-0.2, -0.15) is 0 Å². The van der Waals surface area contributed by atoms with E-state index in [1.807, 2.05) is 0 Å². The topological polar surface area (TPSA) is 231 Å². The van der Waals surface area contributed by atoms with Crippen molar-refractivity contribution in [1.82, 2.24) is 0 Å². The van der Waals surface area contributed by atoms with E-state index < -0.39 is 92.7 Å². The highest BCUT2D eigenvalue weighted by molar-refractivity contribution is 5.70. The van der Waals surface area contributed by atoms with E-state index in [0.29, 0.717) is 12.8 Å². The summed E-state index contributed by atoms with van der Waals surface area (Å²) in [7, 11) is 0. The summed E-state index contributed by atoms with van der Waals surface area (Å²) in [5.41, 5.74) is 0. The smallest absolute Gasteiger partial charge is 0.306 e.